The summed E-state index contributed by atoms with van der Waals surface area (Å²) in [5.41, 5.74) is 2.65. The van der Waals surface area contributed by atoms with Gasteiger partial charge in [0.25, 0.3) is 0 Å². The predicted molar refractivity (Wildman–Crippen MR) is 89.5 cm³/mol. The molecule has 0 aliphatic carbocycles. The third kappa shape index (κ3) is 4.15. The van der Waals surface area contributed by atoms with Gasteiger partial charge in [0.1, 0.15) is 5.82 Å². The molecular formula is C19H23FN2O. The van der Waals surface area contributed by atoms with Crippen LogP contribution in [-0.4, -0.2) is 36.2 Å². The average molecular weight is 314 g/mol. The molecule has 3 nitrogen and oxygen atoms in total. The van der Waals surface area contributed by atoms with Gasteiger partial charge in [-0.3, -0.25) is 9.88 Å². The van der Waals surface area contributed by atoms with Crippen LogP contribution in [0, 0.1) is 11.7 Å². The van der Waals surface area contributed by atoms with Crippen molar-refractivity contribution in [1.29, 1.82) is 0 Å². The van der Waals surface area contributed by atoms with Gasteiger partial charge in [-0.1, -0.05) is 12.1 Å². The van der Waals surface area contributed by atoms with Crippen molar-refractivity contribution < 1.29 is 9.13 Å². The first-order chi connectivity index (χ1) is 11.3. The number of halogens is 1. The van der Waals surface area contributed by atoms with E-state index in [1.165, 1.54) is 0 Å². The fourth-order valence-electron chi connectivity index (χ4n) is 3.12. The van der Waals surface area contributed by atoms with E-state index in [1.54, 1.807) is 18.5 Å². The number of ether oxygens (including phenoxy) is 1. The van der Waals surface area contributed by atoms with E-state index in [-0.39, 0.29) is 5.82 Å². The van der Waals surface area contributed by atoms with Crippen LogP contribution < -0.4 is 0 Å². The molecule has 3 rings (SSSR count). The summed E-state index contributed by atoms with van der Waals surface area (Å²) in [6.45, 7) is 6.28. The first-order valence-electron chi connectivity index (χ1n) is 8.25. The summed E-state index contributed by atoms with van der Waals surface area (Å²) < 4.78 is 19.9. The lowest BCUT2D eigenvalue weighted by atomic mass is 10.0. The van der Waals surface area contributed by atoms with Gasteiger partial charge in [0.15, 0.2) is 0 Å². The van der Waals surface area contributed by atoms with Gasteiger partial charge in [0, 0.05) is 37.7 Å². The molecule has 122 valence electrons. The minimum Gasteiger partial charge on any atom is -0.381 e. The first kappa shape index (κ1) is 16.1. The number of rotatable bonds is 6. The molecule has 1 aromatic carbocycles. The second-order valence-electron chi connectivity index (χ2n) is 6.09. The fraction of sp³-hybridized carbons (Fsp3) is 0.421. The van der Waals surface area contributed by atoms with Gasteiger partial charge in [0.2, 0.25) is 0 Å². The van der Waals surface area contributed by atoms with Crippen molar-refractivity contribution in [2.45, 2.75) is 19.9 Å². The number of likely N-dealkylation sites (tertiary alicyclic amines) is 1. The number of benzene rings is 1. The first-order valence-corrected chi connectivity index (χ1v) is 8.25. The summed E-state index contributed by atoms with van der Waals surface area (Å²) in [5.74, 6) is 0.446. The molecule has 1 aliphatic rings. The third-order valence-electron chi connectivity index (χ3n) is 4.39. The van der Waals surface area contributed by atoms with Crippen LogP contribution in [0.25, 0.3) is 11.1 Å². The van der Waals surface area contributed by atoms with E-state index in [4.69, 9.17) is 4.74 Å². The number of nitrogens with zero attached hydrogens (tertiary/aromatic N) is 2. The Bertz CT molecular complexity index is 633. The molecule has 23 heavy (non-hydrogen) atoms. The molecule has 0 unspecified atom stereocenters. The second-order valence-corrected chi connectivity index (χ2v) is 6.09. The second kappa shape index (κ2) is 7.66. The van der Waals surface area contributed by atoms with E-state index < -0.39 is 0 Å². The van der Waals surface area contributed by atoms with Crippen molar-refractivity contribution in [1.82, 2.24) is 9.88 Å². The van der Waals surface area contributed by atoms with Crippen molar-refractivity contribution in [2.75, 3.05) is 26.3 Å². The number of hydrogen-bond donors (Lipinski definition) is 0. The largest absolute Gasteiger partial charge is 0.381 e. The van der Waals surface area contributed by atoms with Gasteiger partial charge in [-0.05, 0) is 55.1 Å². The Morgan fingerprint density at radius 3 is 2.78 bits per heavy atom. The van der Waals surface area contributed by atoms with Crippen LogP contribution in [0.4, 0.5) is 4.39 Å². The zero-order valence-electron chi connectivity index (χ0n) is 13.5. The standard InChI is InChI=1S/C19H23FN2O/c1-2-23-14-15-7-10-22(12-15)13-18-4-3-17(11-19(18)20)16-5-8-21-9-6-16/h3-6,8-9,11,15H,2,7,10,12-14H2,1H3/t15-/m1/s1. The molecule has 0 saturated carbocycles. The van der Waals surface area contributed by atoms with E-state index >= 15 is 0 Å². The molecule has 1 fully saturated rings. The molecule has 4 heteroatoms. The molecule has 1 saturated heterocycles. The summed E-state index contributed by atoms with van der Waals surface area (Å²) in [6.07, 6.45) is 4.59. The van der Waals surface area contributed by atoms with Gasteiger partial charge < -0.3 is 4.74 Å². The Morgan fingerprint density at radius 2 is 2.04 bits per heavy atom. The topological polar surface area (TPSA) is 25.4 Å². The smallest absolute Gasteiger partial charge is 0.128 e. The molecule has 1 atom stereocenters. The molecule has 0 spiro atoms. The molecule has 2 aromatic rings. The lowest BCUT2D eigenvalue weighted by molar-refractivity contribution is 0.111. The van der Waals surface area contributed by atoms with E-state index in [9.17, 15) is 4.39 Å². The quantitative estimate of drug-likeness (QED) is 0.812. The van der Waals surface area contributed by atoms with E-state index in [1.807, 2.05) is 31.2 Å². The highest BCUT2D eigenvalue weighted by atomic mass is 19.1. The molecule has 0 bridgehead atoms. The van der Waals surface area contributed by atoms with Crippen molar-refractivity contribution in [3.05, 3.63) is 54.1 Å². The minimum absolute atomic E-state index is 0.132. The Balaban J connectivity index is 1.63. The Hall–Kier alpha value is -1.78. The normalized spacial score (nSPS) is 18.4. The Labute approximate surface area is 137 Å². The highest BCUT2D eigenvalue weighted by Crippen LogP contribution is 2.24. The minimum atomic E-state index is -0.132. The van der Waals surface area contributed by atoms with Gasteiger partial charge in [-0.25, -0.2) is 4.39 Å². The Kier molecular flexibility index (Phi) is 5.36. The fourth-order valence-corrected chi connectivity index (χ4v) is 3.12. The number of pyridine rings is 1. The lowest BCUT2D eigenvalue weighted by Gasteiger charge is -2.17. The van der Waals surface area contributed by atoms with Crippen molar-refractivity contribution in [3.8, 4) is 11.1 Å². The van der Waals surface area contributed by atoms with E-state index in [0.29, 0.717) is 12.5 Å². The van der Waals surface area contributed by atoms with Gasteiger partial charge in [-0.2, -0.15) is 0 Å². The van der Waals surface area contributed by atoms with Crippen molar-refractivity contribution >= 4 is 0 Å². The summed E-state index contributed by atoms with van der Waals surface area (Å²) in [7, 11) is 0. The SMILES string of the molecule is CCOC[C@@H]1CCN(Cc2ccc(-c3ccncc3)cc2F)C1. The van der Waals surface area contributed by atoms with Crippen LogP contribution in [0.15, 0.2) is 42.7 Å². The van der Waals surface area contributed by atoms with Gasteiger partial charge in [0.05, 0.1) is 6.61 Å². The van der Waals surface area contributed by atoms with Crippen LogP contribution in [0.3, 0.4) is 0 Å². The summed E-state index contributed by atoms with van der Waals surface area (Å²) in [6, 6.07) is 9.31. The summed E-state index contributed by atoms with van der Waals surface area (Å²) >= 11 is 0. The zero-order valence-corrected chi connectivity index (χ0v) is 13.5. The molecule has 0 N–H and O–H groups in total. The molecule has 2 heterocycles. The highest BCUT2D eigenvalue weighted by molar-refractivity contribution is 5.63. The van der Waals surface area contributed by atoms with Gasteiger partial charge >= 0.3 is 0 Å². The van der Waals surface area contributed by atoms with Crippen LogP contribution in [-0.2, 0) is 11.3 Å². The van der Waals surface area contributed by atoms with Crippen LogP contribution in [0.1, 0.15) is 18.9 Å². The zero-order chi connectivity index (χ0) is 16.1. The number of hydrogen-bond acceptors (Lipinski definition) is 3. The molecule has 0 amide bonds. The number of aromatic nitrogens is 1. The maximum absolute atomic E-state index is 14.4. The lowest BCUT2D eigenvalue weighted by Crippen LogP contribution is -2.22. The average Bonchev–Trinajstić information content (AvgIpc) is 3.03. The highest BCUT2D eigenvalue weighted by Gasteiger charge is 2.23. The summed E-state index contributed by atoms with van der Waals surface area (Å²) in [4.78, 5) is 6.31. The third-order valence-corrected chi connectivity index (χ3v) is 4.39. The molecule has 0 radical (unpaired) electrons. The maximum Gasteiger partial charge on any atom is 0.128 e. The Morgan fingerprint density at radius 1 is 1.22 bits per heavy atom. The van der Waals surface area contributed by atoms with E-state index in [2.05, 4.69) is 9.88 Å². The maximum atomic E-state index is 14.4. The molecule has 1 aliphatic heterocycles. The van der Waals surface area contributed by atoms with Gasteiger partial charge in [-0.15, -0.1) is 0 Å². The van der Waals surface area contributed by atoms with Crippen LogP contribution in [0.2, 0.25) is 0 Å². The van der Waals surface area contributed by atoms with Crippen molar-refractivity contribution in [2.24, 2.45) is 5.92 Å². The van der Waals surface area contributed by atoms with Crippen LogP contribution in [0.5, 0.6) is 0 Å². The molecular weight excluding hydrogens is 291 g/mol. The van der Waals surface area contributed by atoms with Crippen molar-refractivity contribution in [3.63, 3.8) is 0 Å². The molecule has 1 aromatic heterocycles. The summed E-state index contributed by atoms with van der Waals surface area (Å²) in [5, 5.41) is 0. The predicted octanol–water partition coefficient (Wildman–Crippen LogP) is 3.75. The van der Waals surface area contributed by atoms with Crippen LogP contribution >= 0.6 is 0 Å². The van der Waals surface area contributed by atoms with E-state index in [0.717, 1.165) is 49.4 Å². The monoisotopic (exact) mass is 314 g/mol.